The van der Waals surface area contributed by atoms with Crippen LogP contribution in [0.15, 0.2) is 24.4 Å². The van der Waals surface area contributed by atoms with Crippen molar-refractivity contribution in [3.63, 3.8) is 0 Å². The molecule has 2 unspecified atom stereocenters. The van der Waals surface area contributed by atoms with Crippen LogP contribution in [0.1, 0.15) is 12.5 Å². The minimum absolute atomic E-state index is 0.188. The van der Waals surface area contributed by atoms with Gasteiger partial charge < -0.3 is 5.01 Å². The Balaban J connectivity index is 2.27. The van der Waals surface area contributed by atoms with Gasteiger partial charge in [0.05, 0.1) is 13.2 Å². The standard InChI is InChI=1S/C16H18Cl3F2N3O2/c1-9(6-11-12(18)7-10(17)8-13(11)19)24(26-3)15(25)16(14(20)21)4-5-23(2)22-16/h4-5,7-9,14,22H,6H2,1-3H3. The number of hydrazine groups is 1. The predicted octanol–water partition coefficient (Wildman–Crippen LogP) is 3.94. The molecule has 1 amide bonds. The molecule has 1 aliphatic heterocycles. The van der Waals surface area contributed by atoms with Crippen molar-refractivity contribution in [1.82, 2.24) is 15.5 Å². The van der Waals surface area contributed by atoms with Crippen molar-refractivity contribution in [1.29, 1.82) is 0 Å². The molecule has 1 heterocycles. The molecule has 0 saturated carbocycles. The summed E-state index contributed by atoms with van der Waals surface area (Å²) in [6.07, 6.45) is -0.326. The molecule has 2 rings (SSSR count). The number of carbonyl (C=O) groups is 1. The SMILES string of the molecule is CON(C(=O)C1(C(F)F)C=CN(C)N1)C(C)Cc1c(Cl)cc(Cl)cc1Cl. The van der Waals surface area contributed by atoms with Gasteiger partial charge in [-0.2, -0.15) is 0 Å². The number of hydrogen-bond acceptors (Lipinski definition) is 4. The van der Waals surface area contributed by atoms with Crippen LogP contribution in [0.2, 0.25) is 15.1 Å². The molecule has 2 atom stereocenters. The number of hydroxylamine groups is 2. The molecule has 0 aliphatic carbocycles. The van der Waals surface area contributed by atoms with Crippen LogP contribution in [0.25, 0.3) is 0 Å². The minimum atomic E-state index is -2.98. The summed E-state index contributed by atoms with van der Waals surface area (Å²) < 4.78 is 27.4. The summed E-state index contributed by atoms with van der Waals surface area (Å²) in [6, 6.07) is 2.42. The molecular formula is C16H18Cl3F2N3O2. The van der Waals surface area contributed by atoms with E-state index in [-0.39, 0.29) is 6.42 Å². The Bertz CT molecular complexity index is 697. The highest BCUT2D eigenvalue weighted by atomic mass is 35.5. The molecule has 1 aliphatic rings. The molecule has 1 N–H and O–H groups in total. The summed E-state index contributed by atoms with van der Waals surface area (Å²) in [5.41, 5.74) is 0.800. The Labute approximate surface area is 165 Å². The summed E-state index contributed by atoms with van der Waals surface area (Å²) in [4.78, 5) is 18.0. The third kappa shape index (κ3) is 4.07. The summed E-state index contributed by atoms with van der Waals surface area (Å²) >= 11 is 18.2. The average molecular weight is 429 g/mol. The lowest BCUT2D eigenvalue weighted by Crippen LogP contribution is -2.62. The van der Waals surface area contributed by atoms with E-state index in [4.69, 9.17) is 39.6 Å². The molecule has 26 heavy (non-hydrogen) atoms. The maximum Gasteiger partial charge on any atom is 0.278 e. The van der Waals surface area contributed by atoms with Gasteiger partial charge in [-0.25, -0.2) is 19.3 Å². The fourth-order valence-electron chi connectivity index (χ4n) is 2.72. The monoisotopic (exact) mass is 427 g/mol. The van der Waals surface area contributed by atoms with E-state index in [9.17, 15) is 13.6 Å². The molecule has 0 spiro atoms. The second kappa shape index (κ2) is 8.27. The third-order valence-corrected chi connectivity index (χ3v) is 4.92. The number of nitrogens with zero attached hydrogens (tertiary/aromatic N) is 2. The van der Waals surface area contributed by atoms with Crippen molar-refractivity contribution in [2.24, 2.45) is 0 Å². The summed E-state index contributed by atoms with van der Waals surface area (Å²) in [5.74, 6) is -0.927. The summed E-state index contributed by atoms with van der Waals surface area (Å²) in [7, 11) is 2.75. The first-order chi connectivity index (χ1) is 12.1. The number of rotatable bonds is 6. The van der Waals surface area contributed by atoms with Crippen LogP contribution < -0.4 is 5.43 Å². The fourth-order valence-corrected chi connectivity index (χ4v) is 3.69. The van der Waals surface area contributed by atoms with Gasteiger partial charge in [-0.05, 0) is 37.1 Å². The molecule has 144 valence electrons. The van der Waals surface area contributed by atoms with E-state index in [1.165, 1.54) is 37.5 Å². The molecule has 5 nitrogen and oxygen atoms in total. The smallest absolute Gasteiger partial charge is 0.278 e. The van der Waals surface area contributed by atoms with Crippen molar-refractivity contribution >= 4 is 40.7 Å². The lowest BCUT2D eigenvalue weighted by atomic mass is 9.99. The molecule has 10 heteroatoms. The van der Waals surface area contributed by atoms with Gasteiger partial charge in [0.25, 0.3) is 12.3 Å². The van der Waals surface area contributed by atoms with Gasteiger partial charge >= 0.3 is 0 Å². The zero-order chi connectivity index (χ0) is 19.6. The van der Waals surface area contributed by atoms with E-state index in [0.29, 0.717) is 20.6 Å². The fraction of sp³-hybridized carbons (Fsp3) is 0.438. The van der Waals surface area contributed by atoms with Crippen LogP contribution in [0.4, 0.5) is 8.78 Å². The highest BCUT2D eigenvalue weighted by molar-refractivity contribution is 6.39. The van der Waals surface area contributed by atoms with Crippen molar-refractivity contribution in [3.05, 3.63) is 45.0 Å². The molecule has 0 fully saturated rings. The second-order valence-corrected chi connectivity index (χ2v) is 7.17. The highest BCUT2D eigenvalue weighted by Crippen LogP contribution is 2.32. The lowest BCUT2D eigenvalue weighted by Gasteiger charge is -2.35. The number of nitrogens with one attached hydrogen (secondary N) is 1. The van der Waals surface area contributed by atoms with Gasteiger partial charge in [-0.3, -0.25) is 9.63 Å². The third-order valence-electron chi connectivity index (χ3n) is 4.02. The van der Waals surface area contributed by atoms with Crippen LogP contribution in [-0.4, -0.2) is 48.1 Å². The largest absolute Gasteiger partial charge is 0.317 e. The van der Waals surface area contributed by atoms with Gasteiger partial charge in [-0.15, -0.1) is 0 Å². The maximum absolute atomic E-state index is 13.7. The first-order valence-electron chi connectivity index (χ1n) is 7.61. The number of halogens is 5. The number of benzene rings is 1. The molecule has 0 bridgehead atoms. The van der Waals surface area contributed by atoms with Crippen molar-refractivity contribution in [2.45, 2.75) is 31.4 Å². The van der Waals surface area contributed by atoms with Gasteiger partial charge in [0, 0.05) is 28.3 Å². The van der Waals surface area contributed by atoms with Crippen LogP contribution in [-0.2, 0) is 16.1 Å². The summed E-state index contributed by atoms with van der Waals surface area (Å²) in [6.45, 7) is 1.64. The van der Waals surface area contributed by atoms with Crippen LogP contribution in [0.3, 0.4) is 0 Å². The molecule has 0 radical (unpaired) electrons. The van der Waals surface area contributed by atoms with Gasteiger partial charge in [-0.1, -0.05) is 34.8 Å². The minimum Gasteiger partial charge on any atom is -0.317 e. The lowest BCUT2D eigenvalue weighted by molar-refractivity contribution is -0.198. The number of amides is 1. The number of alkyl halides is 2. The van der Waals surface area contributed by atoms with E-state index in [0.717, 1.165) is 11.1 Å². The quantitative estimate of drug-likeness (QED) is 0.697. The molecule has 1 aromatic carbocycles. The van der Waals surface area contributed by atoms with Crippen LogP contribution >= 0.6 is 34.8 Å². The molecule has 0 saturated heterocycles. The van der Waals surface area contributed by atoms with E-state index in [1.54, 1.807) is 6.92 Å². The average Bonchev–Trinajstić information content (AvgIpc) is 2.95. The molecule has 0 aromatic heterocycles. The first kappa shape index (κ1) is 21.2. The second-order valence-electron chi connectivity index (χ2n) is 5.92. The zero-order valence-electron chi connectivity index (χ0n) is 14.3. The van der Waals surface area contributed by atoms with Gasteiger partial charge in [0.15, 0.2) is 5.54 Å². The Morgan fingerprint density at radius 2 is 1.92 bits per heavy atom. The van der Waals surface area contributed by atoms with Crippen molar-refractivity contribution in [3.8, 4) is 0 Å². The topological polar surface area (TPSA) is 44.8 Å². The van der Waals surface area contributed by atoms with Crippen LogP contribution in [0.5, 0.6) is 0 Å². The molecule has 1 aromatic rings. The molecular weight excluding hydrogens is 411 g/mol. The van der Waals surface area contributed by atoms with E-state index >= 15 is 0 Å². The Hall–Kier alpha value is -1.12. The van der Waals surface area contributed by atoms with E-state index in [1.807, 2.05) is 0 Å². The number of carbonyl (C=O) groups excluding carboxylic acids is 1. The number of hydrogen-bond donors (Lipinski definition) is 1. The zero-order valence-corrected chi connectivity index (χ0v) is 16.5. The van der Waals surface area contributed by atoms with E-state index in [2.05, 4.69) is 5.43 Å². The Morgan fingerprint density at radius 3 is 2.35 bits per heavy atom. The first-order valence-corrected chi connectivity index (χ1v) is 8.75. The normalized spacial score (nSPS) is 20.7. The van der Waals surface area contributed by atoms with Crippen molar-refractivity contribution in [2.75, 3.05) is 14.2 Å². The van der Waals surface area contributed by atoms with Crippen LogP contribution in [0, 0.1) is 0 Å². The van der Waals surface area contributed by atoms with Gasteiger partial charge in [0.1, 0.15) is 0 Å². The van der Waals surface area contributed by atoms with Gasteiger partial charge in [0.2, 0.25) is 0 Å². The highest BCUT2D eigenvalue weighted by Gasteiger charge is 2.51. The maximum atomic E-state index is 13.7. The summed E-state index contributed by atoms with van der Waals surface area (Å²) in [5, 5.41) is 3.19. The van der Waals surface area contributed by atoms with Crippen molar-refractivity contribution < 1.29 is 18.4 Å². The Kier molecular flexibility index (Phi) is 6.74. The predicted molar refractivity (Wildman–Crippen MR) is 97.3 cm³/mol. The Morgan fingerprint density at radius 1 is 1.35 bits per heavy atom. The van der Waals surface area contributed by atoms with E-state index < -0.39 is 23.9 Å².